The molecule has 0 saturated heterocycles. The molecule has 0 aliphatic carbocycles. The Morgan fingerprint density at radius 1 is 0.600 bits per heavy atom. The predicted molar refractivity (Wildman–Crippen MR) is 180 cm³/mol. The molecular weight excluding hydrogens is 508 g/mol. The molecule has 0 atom stereocenters. The van der Waals surface area contributed by atoms with Gasteiger partial charge in [-0.25, -0.2) is 0 Å². The summed E-state index contributed by atoms with van der Waals surface area (Å²) >= 11 is 6.20. The Bertz CT molecular complexity index is 629. The van der Waals surface area contributed by atoms with E-state index in [2.05, 4.69) is 95.3 Å². The molecule has 0 unspecified atom stereocenters. The number of hydrogen-bond acceptors (Lipinski definition) is 0. The zero-order chi connectivity index (χ0) is 28.0. The first kappa shape index (κ1) is 39.3. The lowest BCUT2D eigenvalue weighted by Gasteiger charge is -2.16. The van der Waals surface area contributed by atoms with E-state index >= 15 is 0 Å². The second kappa shape index (κ2) is 21.8. The Morgan fingerprint density at radius 3 is 1.29 bits per heavy atom. The fourth-order valence-electron chi connectivity index (χ4n) is 2.82. The van der Waals surface area contributed by atoms with Crippen molar-refractivity contribution in [1.82, 2.24) is 0 Å². The molecule has 0 aliphatic heterocycles. The highest BCUT2D eigenvalue weighted by Gasteiger charge is 2.18. The Hall–Kier alpha value is -0.242. The minimum Gasteiger partial charge on any atom is -0.168 e. The summed E-state index contributed by atoms with van der Waals surface area (Å²) in [5, 5.41) is 0. The molecule has 5 heteroatoms. The van der Waals surface area contributed by atoms with Gasteiger partial charge in [0.1, 0.15) is 31.6 Å². The molecule has 0 rings (SSSR count). The van der Waals surface area contributed by atoms with Gasteiger partial charge < -0.3 is 0 Å². The van der Waals surface area contributed by atoms with Crippen LogP contribution in [0.25, 0.3) is 0 Å². The SMILES string of the molecule is C#C[Si](C)(C)C.C=CCCCCCC[Si](C)(C)C#C[Si](C)(C)C.C=CCCCCCC[Si](C)(C)Cl. The minimum absolute atomic E-state index is 1.10. The zero-order valence-electron chi connectivity index (χ0n) is 25.5. The highest BCUT2D eigenvalue weighted by molar-refractivity contribution is 7.19. The molecule has 0 fully saturated rings. The monoisotopic (exact) mass is 568 g/mol. The number of allylic oxidation sites excluding steroid dienone is 2. The van der Waals surface area contributed by atoms with Crippen LogP contribution >= 0.6 is 11.1 Å². The van der Waals surface area contributed by atoms with Crippen molar-refractivity contribution in [2.24, 2.45) is 0 Å². The van der Waals surface area contributed by atoms with Gasteiger partial charge in [0.15, 0.2) is 0 Å². The first-order valence-electron chi connectivity index (χ1n) is 13.8. The van der Waals surface area contributed by atoms with Gasteiger partial charge in [-0.3, -0.25) is 0 Å². The number of halogens is 1. The van der Waals surface area contributed by atoms with Gasteiger partial charge in [-0.1, -0.05) is 116 Å². The van der Waals surface area contributed by atoms with Crippen LogP contribution in [0.4, 0.5) is 0 Å². The van der Waals surface area contributed by atoms with Crippen LogP contribution in [-0.2, 0) is 0 Å². The summed E-state index contributed by atoms with van der Waals surface area (Å²) in [6.07, 6.45) is 22.2. The van der Waals surface area contributed by atoms with Gasteiger partial charge in [-0.15, -0.1) is 36.2 Å². The van der Waals surface area contributed by atoms with Crippen molar-refractivity contribution >= 4 is 42.7 Å². The fraction of sp³-hybridized carbons (Fsp3) is 0.733. The molecule has 0 radical (unpaired) electrons. The molecular formula is C30H61ClSi4. The van der Waals surface area contributed by atoms with Crippen molar-refractivity contribution in [3.05, 3.63) is 25.3 Å². The third kappa shape index (κ3) is 44.2. The summed E-state index contributed by atoms with van der Waals surface area (Å²) in [6, 6.07) is 2.64. The summed E-state index contributed by atoms with van der Waals surface area (Å²) in [4.78, 5) is 0. The maximum atomic E-state index is 6.20. The van der Waals surface area contributed by atoms with Crippen molar-refractivity contribution < 1.29 is 0 Å². The molecule has 0 aromatic rings. The third-order valence-electron chi connectivity index (χ3n) is 5.10. The van der Waals surface area contributed by atoms with Crippen LogP contribution in [0.3, 0.4) is 0 Å². The number of unbranched alkanes of at least 4 members (excludes halogenated alkanes) is 8. The molecule has 0 aromatic heterocycles. The summed E-state index contributed by atoms with van der Waals surface area (Å²) in [6.45, 7) is 30.2. The summed E-state index contributed by atoms with van der Waals surface area (Å²) in [7, 11) is -4.77. The first-order chi connectivity index (χ1) is 15.9. The highest BCUT2D eigenvalue weighted by Crippen LogP contribution is 2.19. The molecule has 0 bridgehead atoms. The average molecular weight is 570 g/mol. The van der Waals surface area contributed by atoms with E-state index in [0.717, 1.165) is 0 Å². The molecule has 204 valence electrons. The largest absolute Gasteiger partial charge is 0.168 e. The number of hydrogen-bond donors (Lipinski definition) is 0. The van der Waals surface area contributed by atoms with Gasteiger partial charge in [0.2, 0.25) is 0 Å². The van der Waals surface area contributed by atoms with E-state index in [1.165, 1.54) is 76.3 Å². The van der Waals surface area contributed by atoms with Gasteiger partial charge in [0.25, 0.3) is 0 Å². The van der Waals surface area contributed by atoms with Gasteiger partial charge in [0, 0.05) is 0 Å². The topological polar surface area (TPSA) is 0 Å². The van der Waals surface area contributed by atoms with Crippen LogP contribution in [0, 0.1) is 23.1 Å². The summed E-state index contributed by atoms with van der Waals surface area (Å²) < 4.78 is 0. The predicted octanol–water partition coefficient (Wildman–Crippen LogP) is 11.3. The minimum atomic E-state index is -1.27. The Labute approximate surface area is 231 Å². The maximum absolute atomic E-state index is 6.20. The maximum Gasteiger partial charge on any atom is 0.150 e. The van der Waals surface area contributed by atoms with Gasteiger partial charge in [-0.05, 0) is 37.8 Å². The first-order valence-corrected chi connectivity index (χ1v) is 28.2. The van der Waals surface area contributed by atoms with Crippen molar-refractivity contribution in [3.8, 4) is 23.1 Å². The Morgan fingerprint density at radius 2 is 0.971 bits per heavy atom. The highest BCUT2D eigenvalue weighted by atomic mass is 35.6. The van der Waals surface area contributed by atoms with E-state index in [0.29, 0.717) is 0 Å². The fourth-order valence-corrected chi connectivity index (χ4v) is 8.42. The van der Waals surface area contributed by atoms with E-state index in [1.54, 1.807) is 0 Å². The molecule has 0 amide bonds. The quantitative estimate of drug-likeness (QED) is 0.0642. The van der Waals surface area contributed by atoms with Crippen LogP contribution < -0.4 is 0 Å². The average Bonchev–Trinajstić information content (AvgIpc) is 2.71. The van der Waals surface area contributed by atoms with Gasteiger partial charge >= 0.3 is 0 Å². The van der Waals surface area contributed by atoms with Gasteiger partial charge in [0.05, 0.1) is 0 Å². The Balaban J connectivity index is -0.000000493. The molecule has 0 aliphatic rings. The molecule has 0 heterocycles. The molecule has 35 heavy (non-hydrogen) atoms. The second-order valence-electron chi connectivity index (χ2n) is 13.0. The van der Waals surface area contributed by atoms with Crippen molar-refractivity contribution in [1.29, 1.82) is 0 Å². The van der Waals surface area contributed by atoms with E-state index in [4.69, 9.17) is 17.5 Å². The molecule has 0 aromatic carbocycles. The smallest absolute Gasteiger partial charge is 0.150 e. The number of rotatable bonds is 14. The molecule has 0 saturated carbocycles. The van der Waals surface area contributed by atoms with E-state index in [-0.39, 0.29) is 0 Å². The standard InChI is InChI=1S/C15H30Si2.C10H21ClSi.C5H10Si/c1-7-8-9-10-11-12-13-17(5,6)15-14-16(2,3)4;1-4-5-6-7-8-9-10-12(2,3)11;1-5-6(2,3)4/h7H,1,8-13H2,2-6H3;4H,1,5-10H2,2-3H3;1H,2-4H3. The number of terminal acetylenes is 1. The lowest BCUT2D eigenvalue weighted by Crippen LogP contribution is -2.26. The van der Waals surface area contributed by atoms with Crippen molar-refractivity contribution in [2.75, 3.05) is 0 Å². The molecule has 0 N–H and O–H groups in total. The van der Waals surface area contributed by atoms with Crippen LogP contribution in [0.5, 0.6) is 0 Å². The van der Waals surface area contributed by atoms with Gasteiger partial charge in [-0.2, -0.15) is 11.1 Å². The zero-order valence-corrected chi connectivity index (χ0v) is 30.3. The van der Waals surface area contributed by atoms with Crippen LogP contribution in [0.15, 0.2) is 25.3 Å². The van der Waals surface area contributed by atoms with E-state index in [9.17, 15) is 0 Å². The third-order valence-corrected chi connectivity index (χ3v) is 11.6. The van der Waals surface area contributed by atoms with Crippen molar-refractivity contribution in [3.63, 3.8) is 0 Å². The lowest BCUT2D eigenvalue weighted by molar-refractivity contribution is 0.671. The molecule has 0 nitrogen and oxygen atoms in total. The summed E-state index contributed by atoms with van der Waals surface area (Å²) in [5.74, 6) is 0. The molecule has 0 spiro atoms. The van der Waals surface area contributed by atoms with Crippen LogP contribution in [0.1, 0.15) is 64.2 Å². The second-order valence-corrected chi connectivity index (χ2v) is 34.0. The van der Waals surface area contributed by atoms with E-state index in [1.807, 2.05) is 12.2 Å². The normalized spacial score (nSPS) is 11.5. The Kier molecular flexibility index (Phi) is 24.5. The lowest BCUT2D eigenvalue weighted by atomic mass is 10.1. The van der Waals surface area contributed by atoms with E-state index < -0.39 is 31.6 Å². The van der Waals surface area contributed by atoms with Crippen LogP contribution in [-0.4, -0.2) is 31.6 Å². The van der Waals surface area contributed by atoms with Crippen LogP contribution in [0.2, 0.25) is 77.6 Å². The summed E-state index contributed by atoms with van der Waals surface area (Å²) in [5.41, 5.74) is 9.94. The van der Waals surface area contributed by atoms with Crippen molar-refractivity contribution in [2.45, 2.75) is 142 Å².